The zero-order chi connectivity index (χ0) is 20.5. The van der Waals surface area contributed by atoms with Crippen LogP contribution < -0.4 is 19.5 Å². The van der Waals surface area contributed by atoms with Gasteiger partial charge in [-0.15, -0.1) is 0 Å². The van der Waals surface area contributed by atoms with E-state index in [0.29, 0.717) is 23.8 Å². The molecule has 6 nitrogen and oxygen atoms in total. The molecule has 0 saturated heterocycles. The molecule has 1 aliphatic rings. The van der Waals surface area contributed by atoms with Crippen molar-refractivity contribution in [3.8, 4) is 22.9 Å². The fourth-order valence-electron chi connectivity index (χ4n) is 3.41. The fraction of sp³-hybridized carbons (Fsp3) is 0.286. The second kappa shape index (κ2) is 7.71. The predicted molar refractivity (Wildman–Crippen MR) is 103 cm³/mol. The molecule has 0 spiro atoms. The average Bonchev–Trinajstić information content (AvgIpc) is 3.32. The first-order valence-electron chi connectivity index (χ1n) is 9.17. The molecule has 3 aromatic rings. The molecular formula is C21H21F2N3O3. The Morgan fingerprint density at radius 3 is 2.83 bits per heavy atom. The Kier molecular flexibility index (Phi) is 5.10. The highest BCUT2D eigenvalue weighted by Crippen LogP contribution is 2.41. The van der Waals surface area contributed by atoms with Crippen molar-refractivity contribution >= 4 is 0 Å². The molecule has 0 amide bonds. The van der Waals surface area contributed by atoms with E-state index in [1.54, 1.807) is 13.3 Å². The molecule has 2 heterocycles. The number of hydrogen-bond acceptors (Lipinski definition) is 5. The van der Waals surface area contributed by atoms with E-state index < -0.39 is 11.6 Å². The Morgan fingerprint density at radius 1 is 1.24 bits per heavy atom. The van der Waals surface area contributed by atoms with Crippen molar-refractivity contribution in [1.29, 1.82) is 0 Å². The smallest absolute Gasteiger partial charge is 0.231 e. The molecule has 0 aliphatic carbocycles. The molecule has 29 heavy (non-hydrogen) atoms. The molecule has 8 heteroatoms. The number of halogens is 2. The lowest BCUT2D eigenvalue weighted by atomic mass is 10.1. The summed E-state index contributed by atoms with van der Waals surface area (Å²) in [6.45, 7) is 4.59. The van der Waals surface area contributed by atoms with Gasteiger partial charge in [-0.05, 0) is 43.7 Å². The van der Waals surface area contributed by atoms with Crippen LogP contribution in [0.3, 0.4) is 0 Å². The van der Waals surface area contributed by atoms with Crippen molar-refractivity contribution < 1.29 is 23.0 Å². The molecule has 1 N–H and O–H groups in total. The van der Waals surface area contributed by atoms with Crippen molar-refractivity contribution in [2.45, 2.75) is 26.4 Å². The van der Waals surface area contributed by atoms with Gasteiger partial charge in [0, 0.05) is 29.9 Å². The number of nitrogens with zero attached hydrogens (tertiary/aromatic N) is 2. The van der Waals surface area contributed by atoms with Crippen LogP contribution in [0, 0.1) is 18.6 Å². The van der Waals surface area contributed by atoms with Gasteiger partial charge in [0.25, 0.3) is 0 Å². The summed E-state index contributed by atoms with van der Waals surface area (Å²) >= 11 is 0. The first kappa shape index (κ1) is 19.2. The lowest BCUT2D eigenvalue weighted by Gasteiger charge is -2.15. The fourth-order valence-corrected chi connectivity index (χ4v) is 3.41. The van der Waals surface area contributed by atoms with E-state index in [1.807, 2.05) is 26.0 Å². The second-order valence-electron chi connectivity index (χ2n) is 6.83. The van der Waals surface area contributed by atoms with Gasteiger partial charge in [0.05, 0.1) is 13.3 Å². The van der Waals surface area contributed by atoms with Crippen molar-refractivity contribution in [1.82, 2.24) is 15.1 Å². The summed E-state index contributed by atoms with van der Waals surface area (Å²) in [6, 6.07) is 7.21. The summed E-state index contributed by atoms with van der Waals surface area (Å²) < 4.78 is 45.0. The average molecular weight is 401 g/mol. The summed E-state index contributed by atoms with van der Waals surface area (Å²) in [6.07, 6.45) is 1.69. The van der Waals surface area contributed by atoms with Gasteiger partial charge in [-0.25, -0.2) is 13.5 Å². The Morgan fingerprint density at radius 2 is 2.07 bits per heavy atom. The van der Waals surface area contributed by atoms with Crippen LogP contribution in [0.25, 0.3) is 5.69 Å². The van der Waals surface area contributed by atoms with Gasteiger partial charge in [0.1, 0.15) is 11.5 Å². The number of hydrogen-bond donors (Lipinski definition) is 1. The third-order valence-electron chi connectivity index (χ3n) is 4.98. The minimum atomic E-state index is -0.657. The number of nitrogens with one attached hydrogen (secondary N) is 1. The molecule has 4 rings (SSSR count). The van der Waals surface area contributed by atoms with E-state index in [0.717, 1.165) is 22.9 Å². The van der Waals surface area contributed by atoms with E-state index in [9.17, 15) is 8.78 Å². The molecule has 2 aromatic carbocycles. The van der Waals surface area contributed by atoms with E-state index in [-0.39, 0.29) is 18.5 Å². The normalized spacial score (nSPS) is 13.6. The lowest BCUT2D eigenvalue weighted by molar-refractivity contribution is 0.171. The zero-order valence-corrected chi connectivity index (χ0v) is 16.3. The maximum absolute atomic E-state index is 14.1. The van der Waals surface area contributed by atoms with Crippen molar-refractivity contribution in [2.75, 3.05) is 13.9 Å². The molecule has 1 aliphatic heterocycles. The molecular weight excluding hydrogens is 380 g/mol. The maximum atomic E-state index is 14.1. The van der Waals surface area contributed by atoms with Gasteiger partial charge >= 0.3 is 0 Å². The Hall–Kier alpha value is -3.13. The molecule has 1 unspecified atom stereocenters. The van der Waals surface area contributed by atoms with Crippen LogP contribution in [0.1, 0.15) is 29.8 Å². The van der Waals surface area contributed by atoms with Crippen LogP contribution in [0.2, 0.25) is 0 Å². The third-order valence-corrected chi connectivity index (χ3v) is 4.98. The molecule has 0 radical (unpaired) electrons. The van der Waals surface area contributed by atoms with E-state index in [1.165, 1.54) is 16.8 Å². The molecule has 152 valence electrons. The first-order valence-corrected chi connectivity index (χ1v) is 9.17. The number of fused-ring (bicyclic) bond motifs is 1. The monoisotopic (exact) mass is 401 g/mol. The summed E-state index contributed by atoms with van der Waals surface area (Å²) in [5, 5.41) is 7.71. The molecule has 0 bridgehead atoms. The van der Waals surface area contributed by atoms with Crippen molar-refractivity contribution in [2.24, 2.45) is 0 Å². The minimum absolute atomic E-state index is 0.0522. The van der Waals surface area contributed by atoms with Crippen LogP contribution >= 0.6 is 0 Å². The third kappa shape index (κ3) is 3.63. The van der Waals surface area contributed by atoms with Crippen LogP contribution in [-0.4, -0.2) is 23.7 Å². The topological polar surface area (TPSA) is 57.5 Å². The quantitative estimate of drug-likeness (QED) is 0.676. The van der Waals surface area contributed by atoms with Gasteiger partial charge in [0.15, 0.2) is 17.3 Å². The standard InChI is InChI=1S/C21H21F2N3O3/c1-12(24-9-14-6-19(27-3)21-20(7-14)28-11-29-21)16-10-25-26(13(16)2)18-5-4-15(22)8-17(18)23/h4-8,10,12,24H,9,11H2,1-3H3. The maximum Gasteiger partial charge on any atom is 0.231 e. The number of benzene rings is 2. The SMILES string of the molecule is COc1cc(CNC(C)c2cnn(-c3ccc(F)cc3F)c2C)cc2c1OCO2. The second-order valence-corrected chi connectivity index (χ2v) is 6.83. The van der Waals surface area contributed by atoms with Crippen molar-refractivity contribution in [3.63, 3.8) is 0 Å². The van der Waals surface area contributed by atoms with Crippen LogP contribution in [-0.2, 0) is 6.54 Å². The van der Waals surface area contributed by atoms with Crippen LogP contribution in [0.5, 0.6) is 17.2 Å². The number of rotatable bonds is 6. The van der Waals surface area contributed by atoms with E-state index in [2.05, 4.69) is 10.4 Å². The molecule has 1 aromatic heterocycles. The first-order chi connectivity index (χ1) is 14.0. The highest BCUT2D eigenvalue weighted by Gasteiger charge is 2.21. The highest BCUT2D eigenvalue weighted by atomic mass is 19.1. The molecule has 0 saturated carbocycles. The number of ether oxygens (including phenoxy) is 3. The highest BCUT2D eigenvalue weighted by molar-refractivity contribution is 5.55. The largest absolute Gasteiger partial charge is 0.493 e. The Labute approximate surface area is 167 Å². The number of aromatic nitrogens is 2. The minimum Gasteiger partial charge on any atom is -0.493 e. The van der Waals surface area contributed by atoms with Crippen LogP contribution in [0.15, 0.2) is 36.5 Å². The van der Waals surface area contributed by atoms with Crippen molar-refractivity contribution in [3.05, 3.63) is 65.0 Å². The molecule has 0 fully saturated rings. The van der Waals surface area contributed by atoms with Gasteiger partial charge in [-0.1, -0.05) is 0 Å². The van der Waals surface area contributed by atoms with Gasteiger partial charge in [-0.2, -0.15) is 5.10 Å². The van der Waals surface area contributed by atoms with Gasteiger partial charge in [-0.3, -0.25) is 0 Å². The summed E-state index contributed by atoms with van der Waals surface area (Å²) in [4.78, 5) is 0. The zero-order valence-electron chi connectivity index (χ0n) is 16.3. The van der Waals surface area contributed by atoms with Gasteiger partial charge in [0.2, 0.25) is 12.5 Å². The summed E-state index contributed by atoms with van der Waals surface area (Å²) in [7, 11) is 1.59. The summed E-state index contributed by atoms with van der Waals surface area (Å²) in [5.41, 5.74) is 2.88. The number of methoxy groups -OCH3 is 1. The molecule has 1 atom stereocenters. The van der Waals surface area contributed by atoms with Gasteiger partial charge < -0.3 is 19.5 Å². The predicted octanol–water partition coefficient (Wildman–Crippen LogP) is 4.05. The lowest BCUT2D eigenvalue weighted by Crippen LogP contribution is -2.18. The Balaban J connectivity index is 1.51. The van der Waals surface area contributed by atoms with Crippen LogP contribution in [0.4, 0.5) is 8.78 Å². The van der Waals surface area contributed by atoms with E-state index in [4.69, 9.17) is 14.2 Å². The summed E-state index contributed by atoms with van der Waals surface area (Å²) in [5.74, 6) is 0.619. The Bertz CT molecular complexity index is 1050. The van der Waals surface area contributed by atoms with E-state index >= 15 is 0 Å².